The van der Waals surface area contributed by atoms with Gasteiger partial charge in [0.25, 0.3) is 5.91 Å². The molecule has 1 fully saturated rings. The Balaban J connectivity index is 0.00000225. The first kappa shape index (κ1) is 19.9. The van der Waals surface area contributed by atoms with Gasteiger partial charge in [-0.1, -0.05) is 12.1 Å². The van der Waals surface area contributed by atoms with Gasteiger partial charge in [-0.25, -0.2) is 9.07 Å². The van der Waals surface area contributed by atoms with E-state index in [9.17, 15) is 9.18 Å². The summed E-state index contributed by atoms with van der Waals surface area (Å²) >= 11 is 0. The fraction of sp³-hybridized carbons (Fsp3) is 0.263. The third-order valence-corrected chi connectivity index (χ3v) is 4.71. The molecule has 28 heavy (non-hydrogen) atoms. The number of halogens is 2. The molecule has 0 aliphatic carbocycles. The average Bonchev–Trinajstić information content (AvgIpc) is 3.38. The molecule has 1 aromatic heterocycles. The monoisotopic (exact) mass is 402 g/mol. The number of hydrogen-bond donors (Lipinski definition) is 2. The van der Waals surface area contributed by atoms with Crippen LogP contribution in [0.2, 0.25) is 0 Å². The van der Waals surface area contributed by atoms with Crippen molar-refractivity contribution in [3.8, 4) is 5.69 Å². The van der Waals surface area contributed by atoms with Gasteiger partial charge in [0, 0.05) is 5.56 Å². The smallest absolute Gasteiger partial charge is 0.255 e. The number of aromatic nitrogens is 4. The van der Waals surface area contributed by atoms with E-state index in [0.29, 0.717) is 17.2 Å². The van der Waals surface area contributed by atoms with Crippen molar-refractivity contribution >= 4 is 24.0 Å². The van der Waals surface area contributed by atoms with Crippen LogP contribution in [0.25, 0.3) is 5.69 Å². The van der Waals surface area contributed by atoms with E-state index in [1.165, 1.54) is 41.2 Å². The molecule has 1 amide bonds. The second kappa shape index (κ2) is 8.90. The number of tetrazole rings is 1. The molecule has 146 valence electrons. The van der Waals surface area contributed by atoms with Gasteiger partial charge < -0.3 is 10.6 Å². The van der Waals surface area contributed by atoms with Crippen molar-refractivity contribution in [3.63, 3.8) is 0 Å². The zero-order valence-corrected chi connectivity index (χ0v) is 15.8. The molecule has 2 aromatic carbocycles. The van der Waals surface area contributed by atoms with Crippen molar-refractivity contribution in [1.29, 1.82) is 0 Å². The van der Waals surface area contributed by atoms with Crippen molar-refractivity contribution < 1.29 is 9.18 Å². The molecule has 3 aromatic rings. The molecule has 1 aliphatic heterocycles. The summed E-state index contributed by atoms with van der Waals surface area (Å²) in [5, 5.41) is 16.8. The fourth-order valence-electron chi connectivity index (χ4n) is 3.24. The number of amides is 1. The van der Waals surface area contributed by atoms with E-state index in [1.807, 2.05) is 12.1 Å². The summed E-state index contributed by atoms with van der Waals surface area (Å²) in [6, 6.07) is 11.8. The molecule has 1 aliphatic rings. The lowest BCUT2D eigenvalue weighted by molar-refractivity contribution is 0.102. The average molecular weight is 403 g/mol. The van der Waals surface area contributed by atoms with E-state index in [-0.39, 0.29) is 24.0 Å². The Morgan fingerprint density at radius 2 is 2.07 bits per heavy atom. The summed E-state index contributed by atoms with van der Waals surface area (Å²) in [6.07, 6.45) is 3.58. The number of anilines is 1. The van der Waals surface area contributed by atoms with Crippen LogP contribution in [0.3, 0.4) is 0 Å². The van der Waals surface area contributed by atoms with Gasteiger partial charge in [0.2, 0.25) is 0 Å². The molecule has 2 N–H and O–H groups in total. The number of hydrogen-bond acceptors (Lipinski definition) is 5. The predicted octanol–water partition coefficient (Wildman–Crippen LogP) is 2.63. The maximum atomic E-state index is 14.1. The molecule has 0 bridgehead atoms. The maximum Gasteiger partial charge on any atom is 0.255 e. The number of nitrogens with one attached hydrogen (secondary N) is 2. The lowest BCUT2D eigenvalue weighted by Crippen LogP contribution is -2.14. The molecule has 0 radical (unpaired) electrons. The molecule has 1 unspecified atom stereocenters. The van der Waals surface area contributed by atoms with Gasteiger partial charge in [-0.15, -0.1) is 17.5 Å². The van der Waals surface area contributed by atoms with Crippen molar-refractivity contribution in [1.82, 2.24) is 25.5 Å². The zero-order chi connectivity index (χ0) is 18.6. The van der Waals surface area contributed by atoms with Gasteiger partial charge >= 0.3 is 0 Å². The summed E-state index contributed by atoms with van der Waals surface area (Å²) in [4.78, 5) is 12.5. The molecule has 0 spiro atoms. The molecular weight excluding hydrogens is 383 g/mol. The Morgan fingerprint density at radius 1 is 1.25 bits per heavy atom. The third kappa shape index (κ3) is 4.52. The first-order valence-electron chi connectivity index (χ1n) is 8.83. The minimum atomic E-state index is -0.523. The van der Waals surface area contributed by atoms with Crippen LogP contribution in [0.1, 0.15) is 22.3 Å². The van der Waals surface area contributed by atoms with Crippen LogP contribution in [0.4, 0.5) is 10.1 Å². The van der Waals surface area contributed by atoms with Crippen LogP contribution in [0.5, 0.6) is 0 Å². The van der Waals surface area contributed by atoms with Gasteiger partial charge in [0.05, 0.1) is 11.4 Å². The Labute approximate surface area is 167 Å². The van der Waals surface area contributed by atoms with Crippen LogP contribution < -0.4 is 10.6 Å². The van der Waals surface area contributed by atoms with Crippen LogP contribution in [-0.4, -0.2) is 39.2 Å². The van der Waals surface area contributed by atoms with Gasteiger partial charge in [0.15, 0.2) is 0 Å². The highest BCUT2D eigenvalue weighted by atomic mass is 35.5. The Kier molecular flexibility index (Phi) is 6.33. The van der Waals surface area contributed by atoms with E-state index in [2.05, 4.69) is 26.2 Å². The van der Waals surface area contributed by atoms with Gasteiger partial charge in [-0.05, 0) is 78.2 Å². The molecule has 4 rings (SSSR count). The van der Waals surface area contributed by atoms with Crippen LogP contribution >= 0.6 is 12.4 Å². The normalized spacial score (nSPS) is 15.8. The molecule has 0 saturated carbocycles. The molecule has 2 heterocycles. The molecule has 7 nitrogen and oxygen atoms in total. The molecular formula is C19H20ClFN6O. The Hall–Kier alpha value is -2.84. The quantitative estimate of drug-likeness (QED) is 0.685. The summed E-state index contributed by atoms with van der Waals surface area (Å²) in [7, 11) is 0. The van der Waals surface area contributed by atoms with E-state index < -0.39 is 5.82 Å². The van der Waals surface area contributed by atoms with Crippen LogP contribution in [0.15, 0.2) is 48.8 Å². The first-order valence-corrected chi connectivity index (χ1v) is 8.83. The highest BCUT2D eigenvalue weighted by Gasteiger charge is 2.15. The number of carbonyl (C=O) groups excluding carboxylic acids is 1. The largest absolute Gasteiger partial charge is 0.319 e. The molecule has 1 saturated heterocycles. The fourth-order valence-corrected chi connectivity index (χ4v) is 3.24. The first-order chi connectivity index (χ1) is 13.2. The molecule has 9 heteroatoms. The maximum absolute atomic E-state index is 14.1. The van der Waals surface area contributed by atoms with Crippen LogP contribution in [0, 0.1) is 11.7 Å². The topological polar surface area (TPSA) is 84.7 Å². The third-order valence-electron chi connectivity index (χ3n) is 4.71. The van der Waals surface area contributed by atoms with Crippen molar-refractivity contribution in [2.75, 3.05) is 18.4 Å². The number of carbonyl (C=O) groups is 1. The van der Waals surface area contributed by atoms with E-state index >= 15 is 0 Å². The predicted molar refractivity (Wildman–Crippen MR) is 105 cm³/mol. The van der Waals surface area contributed by atoms with Crippen molar-refractivity contribution in [2.24, 2.45) is 5.92 Å². The summed E-state index contributed by atoms with van der Waals surface area (Å²) in [6.45, 7) is 2.11. The molecule has 1 atom stereocenters. The van der Waals surface area contributed by atoms with Crippen molar-refractivity contribution in [3.05, 3.63) is 65.7 Å². The Bertz CT molecular complexity index is 926. The second-order valence-electron chi connectivity index (χ2n) is 6.63. The highest BCUT2D eigenvalue weighted by Crippen LogP contribution is 2.20. The summed E-state index contributed by atoms with van der Waals surface area (Å²) in [5.41, 5.74) is 2.31. The van der Waals surface area contributed by atoms with Gasteiger partial charge in [0.1, 0.15) is 12.1 Å². The van der Waals surface area contributed by atoms with E-state index in [1.54, 1.807) is 12.1 Å². The number of benzene rings is 2. The van der Waals surface area contributed by atoms with Crippen LogP contribution in [-0.2, 0) is 6.42 Å². The zero-order valence-electron chi connectivity index (χ0n) is 15.0. The van der Waals surface area contributed by atoms with Gasteiger partial charge in [-0.2, -0.15) is 0 Å². The van der Waals surface area contributed by atoms with E-state index in [4.69, 9.17) is 0 Å². The summed E-state index contributed by atoms with van der Waals surface area (Å²) in [5.74, 6) is -0.241. The summed E-state index contributed by atoms with van der Waals surface area (Å²) < 4.78 is 15.5. The number of nitrogens with zero attached hydrogens (tertiary/aromatic N) is 4. The lowest BCUT2D eigenvalue weighted by atomic mass is 9.98. The number of rotatable bonds is 5. The Morgan fingerprint density at radius 3 is 2.75 bits per heavy atom. The van der Waals surface area contributed by atoms with E-state index in [0.717, 1.165) is 19.5 Å². The SMILES string of the molecule is Cl.O=C(Nc1cc(-n2cnnn2)ccc1F)c1ccc(CC2CCNC2)cc1. The van der Waals surface area contributed by atoms with Gasteiger partial charge in [-0.3, -0.25) is 4.79 Å². The minimum Gasteiger partial charge on any atom is -0.319 e. The lowest BCUT2D eigenvalue weighted by Gasteiger charge is -2.10. The highest BCUT2D eigenvalue weighted by molar-refractivity contribution is 6.04. The standard InChI is InChI=1S/C19H19FN6O.ClH/c20-17-6-5-16(26-12-22-24-25-26)10-18(17)23-19(27)15-3-1-13(2-4-15)9-14-7-8-21-11-14;/h1-6,10,12,14,21H,7-9,11H2,(H,23,27);1H. The second-order valence-corrected chi connectivity index (χ2v) is 6.63. The minimum absolute atomic E-state index is 0. The van der Waals surface area contributed by atoms with Crippen molar-refractivity contribution in [2.45, 2.75) is 12.8 Å².